The molecule has 5 heteroatoms. The lowest BCUT2D eigenvalue weighted by Gasteiger charge is -2.26. The van der Waals surface area contributed by atoms with Crippen molar-refractivity contribution in [1.29, 1.82) is 0 Å². The standard InChI is InChI=1S/C12H14Cl2FNO/c1-12(2,16-11(17)7-13)6-8-3-4-9(14)5-10(8)15/h3-5H,6-7H2,1-2H3,(H,16,17). The molecule has 0 spiro atoms. The van der Waals surface area contributed by atoms with Crippen LogP contribution in [0.15, 0.2) is 18.2 Å². The topological polar surface area (TPSA) is 29.1 Å². The molecule has 94 valence electrons. The van der Waals surface area contributed by atoms with Gasteiger partial charge in [-0.05, 0) is 38.0 Å². The van der Waals surface area contributed by atoms with Crippen molar-refractivity contribution in [2.45, 2.75) is 25.8 Å². The first-order valence-corrected chi connectivity index (χ1v) is 6.06. The number of hydrogen-bond donors (Lipinski definition) is 1. The van der Waals surface area contributed by atoms with Crippen molar-refractivity contribution in [3.63, 3.8) is 0 Å². The molecule has 1 rings (SSSR count). The molecule has 0 fully saturated rings. The lowest BCUT2D eigenvalue weighted by Crippen LogP contribution is -2.45. The normalized spacial score (nSPS) is 11.4. The fraction of sp³-hybridized carbons (Fsp3) is 0.417. The summed E-state index contributed by atoms with van der Waals surface area (Å²) in [6, 6.07) is 4.50. The Morgan fingerprint density at radius 3 is 2.65 bits per heavy atom. The van der Waals surface area contributed by atoms with Gasteiger partial charge < -0.3 is 5.32 Å². The fourth-order valence-corrected chi connectivity index (χ4v) is 1.82. The third kappa shape index (κ3) is 4.52. The van der Waals surface area contributed by atoms with E-state index >= 15 is 0 Å². The first kappa shape index (κ1) is 14.3. The number of carbonyl (C=O) groups excluding carboxylic acids is 1. The molecule has 1 amide bonds. The van der Waals surface area contributed by atoms with E-state index in [-0.39, 0.29) is 17.6 Å². The molecular weight excluding hydrogens is 264 g/mol. The van der Waals surface area contributed by atoms with Crippen LogP contribution >= 0.6 is 23.2 Å². The second-order valence-electron chi connectivity index (χ2n) is 4.48. The summed E-state index contributed by atoms with van der Waals surface area (Å²) in [5.74, 6) is -0.747. The summed E-state index contributed by atoms with van der Waals surface area (Å²) in [6.07, 6.45) is 0.374. The Hall–Kier alpha value is -0.800. The van der Waals surface area contributed by atoms with Crippen LogP contribution < -0.4 is 5.32 Å². The summed E-state index contributed by atoms with van der Waals surface area (Å²) in [6.45, 7) is 3.62. The number of carbonyl (C=O) groups is 1. The zero-order chi connectivity index (χ0) is 13.1. The molecule has 0 aromatic heterocycles. The van der Waals surface area contributed by atoms with Crippen LogP contribution in [0, 0.1) is 5.82 Å². The molecule has 1 N–H and O–H groups in total. The molecule has 2 nitrogen and oxygen atoms in total. The van der Waals surface area contributed by atoms with E-state index in [2.05, 4.69) is 5.32 Å². The van der Waals surface area contributed by atoms with Gasteiger partial charge in [-0.1, -0.05) is 17.7 Å². The van der Waals surface area contributed by atoms with Crippen LogP contribution in [0.2, 0.25) is 5.02 Å². The first-order valence-electron chi connectivity index (χ1n) is 5.15. The van der Waals surface area contributed by atoms with Gasteiger partial charge in [0.15, 0.2) is 0 Å². The van der Waals surface area contributed by atoms with Crippen molar-refractivity contribution in [2.24, 2.45) is 0 Å². The molecule has 1 aromatic carbocycles. The number of hydrogen-bond acceptors (Lipinski definition) is 1. The van der Waals surface area contributed by atoms with Gasteiger partial charge >= 0.3 is 0 Å². The van der Waals surface area contributed by atoms with Crippen molar-refractivity contribution in [1.82, 2.24) is 5.32 Å². The van der Waals surface area contributed by atoms with Crippen molar-refractivity contribution in [3.05, 3.63) is 34.6 Å². The van der Waals surface area contributed by atoms with E-state index in [4.69, 9.17) is 23.2 Å². The van der Waals surface area contributed by atoms with Crippen LogP contribution in [0.3, 0.4) is 0 Å². The Balaban J connectivity index is 2.79. The lowest BCUT2D eigenvalue weighted by molar-refractivity contribution is -0.120. The molecule has 0 bridgehead atoms. The molecule has 0 radical (unpaired) electrons. The maximum atomic E-state index is 13.6. The Bertz CT molecular complexity index is 421. The van der Waals surface area contributed by atoms with Crippen LogP contribution in [0.1, 0.15) is 19.4 Å². The summed E-state index contributed by atoms with van der Waals surface area (Å²) < 4.78 is 13.6. The molecule has 0 atom stereocenters. The minimum absolute atomic E-state index is 0.105. The van der Waals surface area contributed by atoms with Crippen LogP contribution in [0.25, 0.3) is 0 Å². The van der Waals surface area contributed by atoms with Crippen molar-refractivity contribution in [2.75, 3.05) is 5.88 Å². The number of halogens is 3. The fourth-order valence-electron chi connectivity index (χ4n) is 1.60. The Labute approximate surface area is 110 Å². The highest BCUT2D eigenvalue weighted by Gasteiger charge is 2.22. The first-order chi connectivity index (χ1) is 7.84. The quantitative estimate of drug-likeness (QED) is 0.842. The molecule has 0 aliphatic rings. The van der Waals surface area contributed by atoms with Gasteiger partial charge in [0, 0.05) is 10.6 Å². The molecule has 17 heavy (non-hydrogen) atoms. The highest BCUT2D eigenvalue weighted by Crippen LogP contribution is 2.19. The predicted octanol–water partition coefficient (Wildman–Crippen LogP) is 3.16. The smallest absolute Gasteiger partial charge is 0.235 e. The Morgan fingerprint density at radius 2 is 2.12 bits per heavy atom. The summed E-state index contributed by atoms with van der Waals surface area (Å²) in [5, 5.41) is 3.08. The molecule has 0 aliphatic heterocycles. The highest BCUT2D eigenvalue weighted by atomic mass is 35.5. The molecule has 0 aliphatic carbocycles. The van der Waals surface area contributed by atoms with Gasteiger partial charge in [-0.15, -0.1) is 11.6 Å². The van der Waals surface area contributed by atoms with Gasteiger partial charge in [0.2, 0.25) is 5.91 Å². The Kier molecular flexibility index (Phi) is 4.78. The zero-order valence-corrected chi connectivity index (χ0v) is 11.2. The third-order valence-electron chi connectivity index (χ3n) is 2.25. The maximum Gasteiger partial charge on any atom is 0.235 e. The van der Waals surface area contributed by atoms with Gasteiger partial charge in [0.1, 0.15) is 11.7 Å². The lowest BCUT2D eigenvalue weighted by atomic mass is 9.94. The van der Waals surface area contributed by atoms with Crippen molar-refractivity contribution < 1.29 is 9.18 Å². The van der Waals surface area contributed by atoms with E-state index in [1.165, 1.54) is 6.07 Å². The average molecular weight is 278 g/mol. The number of alkyl halides is 1. The summed E-state index contributed by atoms with van der Waals surface area (Å²) in [7, 11) is 0. The number of rotatable bonds is 4. The molecule has 0 saturated heterocycles. The average Bonchev–Trinajstić information content (AvgIpc) is 2.21. The molecular formula is C12H14Cl2FNO. The van der Waals surface area contributed by atoms with Crippen molar-refractivity contribution >= 4 is 29.1 Å². The highest BCUT2D eigenvalue weighted by molar-refractivity contribution is 6.30. The minimum Gasteiger partial charge on any atom is -0.350 e. The number of nitrogens with one attached hydrogen (secondary N) is 1. The summed E-state index contributed by atoms with van der Waals surface area (Å²) in [5.41, 5.74) is -0.0463. The van der Waals surface area contributed by atoms with Gasteiger partial charge in [-0.3, -0.25) is 4.79 Å². The second kappa shape index (κ2) is 5.69. The largest absolute Gasteiger partial charge is 0.350 e. The SMILES string of the molecule is CC(C)(Cc1ccc(Cl)cc1F)NC(=O)CCl. The van der Waals surface area contributed by atoms with Gasteiger partial charge in [0.05, 0.1) is 0 Å². The van der Waals surface area contributed by atoms with E-state index < -0.39 is 5.54 Å². The molecule has 1 aromatic rings. The summed E-state index contributed by atoms with van der Waals surface area (Å²) >= 11 is 11.1. The van der Waals surface area contributed by atoms with Crippen LogP contribution in [0.4, 0.5) is 4.39 Å². The van der Waals surface area contributed by atoms with Gasteiger partial charge in [0.25, 0.3) is 0 Å². The van der Waals surface area contributed by atoms with Crippen LogP contribution in [-0.2, 0) is 11.2 Å². The van der Waals surface area contributed by atoms with E-state index in [1.54, 1.807) is 12.1 Å². The summed E-state index contributed by atoms with van der Waals surface area (Å²) in [4.78, 5) is 11.2. The zero-order valence-electron chi connectivity index (χ0n) is 9.69. The predicted molar refractivity (Wildman–Crippen MR) is 68.1 cm³/mol. The van der Waals surface area contributed by atoms with Gasteiger partial charge in [-0.2, -0.15) is 0 Å². The number of amides is 1. The Morgan fingerprint density at radius 1 is 1.47 bits per heavy atom. The van der Waals surface area contributed by atoms with Gasteiger partial charge in [-0.25, -0.2) is 4.39 Å². The van der Waals surface area contributed by atoms with Crippen LogP contribution in [0.5, 0.6) is 0 Å². The van der Waals surface area contributed by atoms with E-state index in [1.807, 2.05) is 13.8 Å². The third-order valence-corrected chi connectivity index (χ3v) is 2.72. The molecule has 0 heterocycles. The van der Waals surface area contributed by atoms with E-state index in [0.717, 1.165) is 0 Å². The van der Waals surface area contributed by atoms with E-state index in [9.17, 15) is 9.18 Å². The van der Waals surface area contributed by atoms with Crippen LogP contribution in [-0.4, -0.2) is 17.3 Å². The molecule has 0 saturated carbocycles. The maximum absolute atomic E-state index is 13.6. The minimum atomic E-state index is -0.555. The van der Waals surface area contributed by atoms with E-state index in [0.29, 0.717) is 17.0 Å². The second-order valence-corrected chi connectivity index (χ2v) is 5.18. The van der Waals surface area contributed by atoms with Crippen molar-refractivity contribution in [3.8, 4) is 0 Å². The number of benzene rings is 1. The monoisotopic (exact) mass is 277 g/mol. The molecule has 0 unspecified atom stereocenters.